The highest BCUT2D eigenvalue weighted by Gasteiger charge is 2.48. The maximum Gasteiger partial charge on any atom is 0.223 e. The second-order valence-corrected chi connectivity index (χ2v) is 6.65. The minimum absolute atomic E-state index is 0.356. The molecule has 4 atom stereocenters. The molecule has 3 saturated carbocycles. The topological polar surface area (TPSA) is 29.1 Å². The highest BCUT2D eigenvalue weighted by molar-refractivity contribution is 5.79. The number of hydrogen-bond donors (Lipinski definition) is 1. The van der Waals surface area contributed by atoms with Gasteiger partial charge in [0, 0.05) is 12.0 Å². The first-order valence-electron chi connectivity index (χ1n) is 7.54. The van der Waals surface area contributed by atoms with Crippen LogP contribution in [0.4, 0.5) is 0 Å². The van der Waals surface area contributed by atoms with Crippen LogP contribution in [0, 0.1) is 23.7 Å². The van der Waals surface area contributed by atoms with Crippen molar-refractivity contribution >= 4 is 5.91 Å². The van der Waals surface area contributed by atoms with Gasteiger partial charge in [0.05, 0.1) is 0 Å². The number of hydrogen-bond acceptors (Lipinski definition) is 1. The highest BCUT2D eigenvalue weighted by Crippen LogP contribution is 2.54. The molecule has 0 heterocycles. The van der Waals surface area contributed by atoms with Crippen LogP contribution in [0.3, 0.4) is 0 Å². The Bertz CT molecular complexity index is 291. The smallest absolute Gasteiger partial charge is 0.223 e. The standard InChI is InChI=1S/C15H25NO/c1-10-5-3-2-4-6-14(10)16-15(17)13-8-11-7-12(11)9-13/h10-14H,2-9H2,1H3,(H,16,17). The minimum Gasteiger partial charge on any atom is -0.353 e. The van der Waals surface area contributed by atoms with Gasteiger partial charge in [0.1, 0.15) is 0 Å². The highest BCUT2D eigenvalue weighted by atomic mass is 16.1. The average molecular weight is 235 g/mol. The molecule has 0 aliphatic heterocycles. The van der Waals surface area contributed by atoms with Crippen LogP contribution >= 0.6 is 0 Å². The summed E-state index contributed by atoms with van der Waals surface area (Å²) in [6.07, 6.45) is 10.3. The van der Waals surface area contributed by atoms with Gasteiger partial charge in [-0.1, -0.05) is 26.2 Å². The van der Waals surface area contributed by atoms with Gasteiger partial charge in [-0.05, 0) is 49.9 Å². The number of amides is 1. The summed E-state index contributed by atoms with van der Waals surface area (Å²) in [6.45, 7) is 2.31. The molecule has 0 spiro atoms. The fourth-order valence-electron chi connectivity index (χ4n) is 3.94. The molecule has 3 fully saturated rings. The van der Waals surface area contributed by atoms with Crippen molar-refractivity contribution in [3.05, 3.63) is 0 Å². The van der Waals surface area contributed by atoms with E-state index in [1.807, 2.05) is 0 Å². The first-order valence-corrected chi connectivity index (χ1v) is 7.54. The van der Waals surface area contributed by atoms with Crippen molar-refractivity contribution in [3.8, 4) is 0 Å². The number of carbonyl (C=O) groups is 1. The van der Waals surface area contributed by atoms with E-state index in [4.69, 9.17) is 0 Å². The zero-order chi connectivity index (χ0) is 11.8. The van der Waals surface area contributed by atoms with Crippen LogP contribution in [0.1, 0.15) is 58.3 Å². The zero-order valence-corrected chi connectivity index (χ0v) is 11.0. The van der Waals surface area contributed by atoms with Crippen LogP contribution < -0.4 is 5.32 Å². The fraction of sp³-hybridized carbons (Fsp3) is 0.933. The van der Waals surface area contributed by atoms with Crippen molar-refractivity contribution < 1.29 is 4.79 Å². The fourth-order valence-corrected chi connectivity index (χ4v) is 3.94. The van der Waals surface area contributed by atoms with E-state index in [2.05, 4.69) is 12.2 Å². The molecule has 17 heavy (non-hydrogen) atoms. The lowest BCUT2D eigenvalue weighted by atomic mass is 9.95. The van der Waals surface area contributed by atoms with Gasteiger partial charge in [0.2, 0.25) is 5.91 Å². The summed E-state index contributed by atoms with van der Waals surface area (Å²) in [5.74, 6) is 3.23. The Morgan fingerprint density at radius 3 is 2.47 bits per heavy atom. The van der Waals surface area contributed by atoms with Gasteiger partial charge in [-0.3, -0.25) is 4.79 Å². The van der Waals surface area contributed by atoms with E-state index >= 15 is 0 Å². The number of nitrogens with one attached hydrogen (secondary N) is 1. The molecule has 0 radical (unpaired) electrons. The third kappa shape index (κ3) is 2.51. The van der Waals surface area contributed by atoms with E-state index in [1.165, 1.54) is 51.4 Å². The Kier molecular flexibility index (Phi) is 3.14. The molecule has 0 aromatic rings. The van der Waals surface area contributed by atoms with Crippen molar-refractivity contribution in [2.45, 2.75) is 64.3 Å². The summed E-state index contributed by atoms with van der Waals surface area (Å²) >= 11 is 0. The summed E-state index contributed by atoms with van der Waals surface area (Å²) in [6, 6.07) is 0.460. The largest absolute Gasteiger partial charge is 0.353 e. The predicted molar refractivity (Wildman–Crippen MR) is 68.5 cm³/mol. The van der Waals surface area contributed by atoms with Gasteiger partial charge < -0.3 is 5.32 Å². The molecule has 2 nitrogen and oxygen atoms in total. The molecular weight excluding hydrogens is 210 g/mol. The molecule has 2 heteroatoms. The second-order valence-electron chi connectivity index (χ2n) is 6.65. The van der Waals surface area contributed by atoms with E-state index in [0.717, 1.165) is 11.8 Å². The van der Waals surface area contributed by atoms with Gasteiger partial charge in [-0.25, -0.2) is 0 Å². The summed E-state index contributed by atoms with van der Waals surface area (Å²) in [5, 5.41) is 3.35. The Labute approximate surface area is 105 Å². The Hall–Kier alpha value is -0.530. The van der Waals surface area contributed by atoms with E-state index in [-0.39, 0.29) is 0 Å². The van der Waals surface area contributed by atoms with E-state index in [9.17, 15) is 4.79 Å². The Balaban J connectivity index is 1.52. The molecule has 3 aliphatic carbocycles. The zero-order valence-electron chi connectivity index (χ0n) is 11.0. The molecule has 0 aromatic carbocycles. The SMILES string of the molecule is CC1CCCCCC1NC(=O)C1CC2CC2C1. The lowest BCUT2D eigenvalue weighted by Gasteiger charge is -2.24. The van der Waals surface area contributed by atoms with Crippen LogP contribution in [-0.4, -0.2) is 11.9 Å². The van der Waals surface area contributed by atoms with E-state index in [0.29, 0.717) is 23.8 Å². The van der Waals surface area contributed by atoms with Crippen LogP contribution in [-0.2, 0) is 4.79 Å². The van der Waals surface area contributed by atoms with Crippen molar-refractivity contribution in [3.63, 3.8) is 0 Å². The normalized spacial score (nSPS) is 44.9. The van der Waals surface area contributed by atoms with Crippen LogP contribution in [0.5, 0.6) is 0 Å². The summed E-state index contributed by atoms with van der Waals surface area (Å²) in [4.78, 5) is 12.2. The first kappa shape index (κ1) is 11.6. The third-order valence-corrected chi connectivity index (χ3v) is 5.30. The third-order valence-electron chi connectivity index (χ3n) is 5.30. The monoisotopic (exact) mass is 235 g/mol. The van der Waals surface area contributed by atoms with Gasteiger partial charge >= 0.3 is 0 Å². The molecule has 0 saturated heterocycles. The van der Waals surface area contributed by atoms with E-state index < -0.39 is 0 Å². The van der Waals surface area contributed by atoms with Crippen LogP contribution in [0.2, 0.25) is 0 Å². The van der Waals surface area contributed by atoms with Gasteiger partial charge in [0.15, 0.2) is 0 Å². The molecule has 0 aromatic heterocycles. The quantitative estimate of drug-likeness (QED) is 0.732. The maximum atomic E-state index is 12.2. The van der Waals surface area contributed by atoms with Crippen molar-refractivity contribution in [1.82, 2.24) is 5.32 Å². The summed E-state index contributed by atoms with van der Waals surface area (Å²) in [5.41, 5.74) is 0. The van der Waals surface area contributed by atoms with Crippen molar-refractivity contribution in [1.29, 1.82) is 0 Å². The molecule has 1 amide bonds. The predicted octanol–water partition coefficient (Wildman–Crippen LogP) is 3.12. The molecule has 4 unspecified atom stereocenters. The molecule has 96 valence electrons. The lowest BCUT2D eigenvalue weighted by molar-refractivity contribution is -0.126. The molecule has 1 N–H and O–H groups in total. The molecule has 3 rings (SSSR count). The van der Waals surface area contributed by atoms with Crippen LogP contribution in [0.15, 0.2) is 0 Å². The number of fused-ring (bicyclic) bond motifs is 1. The molecular formula is C15H25NO. The van der Waals surface area contributed by atoms with Gasteiger partial charge in [-0.2, -0.15) is 0 Å². The summed E-state index contributed by atoms with van der Waals surface area (Å²) < 4.78 is 0. The molecule has 0 bridgehead atoms. The van der Waals surface area contributed by atoms with Gasteiger partial charge in [-0.15, -0.1) is 0 Å². The summed E-state index contributed by atoms with van der Waals surface area (Å²) in [7, 11) is 0. The number of carbonyl (C=O) groups excluding carboxylic acids is 1. The van der Waals surface area contributed by atoms with Crippen molar-refractivity contribution in [2.75, 3.05) is 0 Å². The van der Waals surface area contributed by atoms with Gasteiger partial charge in [0.25, 0.3) is 0 Å². The maximum absolute atomic E-state index is 12.2. The Morgan fingerprint density at radius 2 is 1.71 bits per heavy atom. The average Bonchev–Trinajstić information content (AvgIpc) is 2.98. The first-order chi connectivity index (χ1) is 8.24. The Morgan fingerprint density at radius 1 is 1.00 bits per heavy atom. The number of rotatable bonds is 2. The van der Waals surface area contributed by atoms with Crippen LogP contribution in [0.25, 0.3) is 0 Å². The second kappa shape index (κ2) is 4.62. The molecule has 3 aliphatic rings. The van der Waals surface area contributed by atoms with E-state index in [1.54, 1.807) is 0 Å². The lowest BCUT2D eigenvalue weighted by Crippen LogP contribution is -2.41. The van der Waals surface area contributed by atoms with Crippen molar-refractivity contribution in [2.24, 2.45) is 23.7 Å². The minimum atomic E-state index is 0.356.